The minimum Gasteiger partial charge on any atom is -0.496 e. The number of nitrogens with zero attached hydrogens (tertiary/aromatic N) is 1. The maximum atomic E-state index is 5.47. The molecule has 2 heterocycles. The summed E-state index contributed by atoms with van der Waals surface area (Å²) in [4.78, 5) is 2.58. The zero-order valence-electron chi connectivity index (χ0n) is 11.3. The van der Waals surface area contributed by atoms with Gasteiger partial charge in [0.2, 0.25) is 0 Å². The van der Waals surface area contributed by atoms with E-state index in [1.807, 2.05) is 0 Å². The third-order valence-electron chi connectivity index (χ3n) is 4.29. The van der Waals surface area contributed by atoms with Crippen LogP contribution in [0.15, 0.2) is 18.2 Å². The molecule has 0 amide bonds. The first-order chi connectivity index (χ1) is 8.76. The summed E-state index contributed by atoms with van der Waals surface area (Å²) in [7, 11) is 1.76. The van der Waals surface area contributed by atoms with Gasteiger partial charge in [0.15, 0.2) is 0 Å². The van der Waals surface area contributed by atoms with Crippen LogP contribution in [0.3, 0.4) is 0 Å². The highest BCUT2D eigenvalue weighted by molar-refractivity contribution is 5.36. The number of aryl methyl sites for hydroxylation is 1. The molecule has 2 fully saturated rings. The summed E-state index contributed by atoms with van der Waals surface area (Å²) >= 11 is 0. The van der Waals surface area contributed by atoms with E-state index in [1.165, 1.54) is 37.3 Å². The molecule has 0 aliphatic carbocycles. The van der Waals surface area contributed by atoms with Gasteiger partial charge in [-0.1, -0.05) is 17.7 Å². The van der Waals surface area contributed by atoms with Crippen molar-refractivity contribution in [2.75, 3.05) is 33.3 Å². The fourth-order valence-electron chi connectivity index (χ4n) is 3.35. The smallest absolute Gasteiger partial charge is 0.123 e. The monoisotopic (exact) mass is 246 g/mol. The number of nitrogens with one attached hydrogen (secondary N) is 1. The zero-order valence-corrected chi connectivity index (χ0v) is 11.3. The van der Waals surface area contributed by atoms with Crippen LogP contribution in [0.4, 0.5) is 0 Å². The lowest BCUT2D eigenvalue weighted by molar-refractivity contribution is 0.298. The highest BCUT2D eigenvalue weighted by Gasteiger charge is 2.35. The fraction of sp³-hybridized carbons (Fsp3) is 0.600. The molecule has 18 heavy (non-hydrogen) atoms. The Labute approximate surface area is 109 Å². The van der Waals surface area contributed by atoms with Gasteiger partial charge in [-0.15, -0.1) is 0 Å². The molecule has 3 rings (SSSR count). The number of rotatable bonds is 3. The molecule has 0 saturated carbocycles. The number of benzene rings is 1. The normalized spacial score (nSPS) is 27.4. The van der Waals surface area contributed by atoms with Crippen LogP contribution >= 0.6 is 0 Å². The molecule has 2 unspecified atom stereocenters. The number of methoxy groups -OCH3 is 1. The molecule has 1 aromatic rings. The first kappa shape index (κ1) is 12.0. The minimum atomic E-state index is 0.862. The number of hydrogen-bond acceptors (Lipinski definition) is 3. The van der Waals surface area contributed by atoms with E-state index >= 15 is 0 Å². The molecule has 1 N–H and O–H groups in total. The van der Waals surface area contributed by atoms with Gasteiger partial charge < -0.3 is 10.1 Å². The Kier molecular flexibility index (Phi) is 3.27. The van der Waals surface area contributed by atoms with Crippen molar-refractivity contribution in [3.05, 3.63) is 29.3 Å². The van der Waals surface area contributed by atoms with E-state index < -0.39 is 0 Å². The highest BCUT2D eigenvalue weighted by atomic mass is 16.5. The van der Waals surface area contributed by atoms with E-state index in [-0.39, 0.29) is 0 Å². The van der Waals surface area contributed by atoms with Gasteiger partial charge in [0.05, 0.1) is 7.11 Å². The molecular formula is C15H22N2O. The largest absolute Gasteiger partial charge is 0.496 e. The van der Waals surface area contributed by atoms with Crippen LogP contribution in [0.1, 0.15) is 11.1 Å². The predicted octanol–water partition coefficient (Wildman–Crippen LogP) is 1.65. The van der Waals surface area contributed by atoms with Gasteiger partial charge in [0, 0.05) is 25.2 Å². The van der Waals surface area contributed by atoms with E-state index in [4.69, 9.17) is 4.74 Å². The molecule has 0 spiro atoms. The average molecular weight is 246 g/mol. The van der Waals surface area contributed by atoms with Gasteiger partial charge in [-0.05, 0) is 37.9 Å². The third-order valence-corrected chi connectivity index (χ3v) is 4.29. The van der Waals surface area contributed by atoms with Crippen LogP contribution in [-0.4, -0.2) is 38.2 Å². The van der Waals surface area contributed by atoms with Crippen molar-refractivity contribution in [2.45, 2.75) is 13.5 Å². The standard InChI is InChI=1S/C15H22N2O/c1-11-3-4-15(18-2)12(5-11)8-17-9-13-6-16-7-14(13)10-17/h3-5,13-14,16H,6-10H2,1-2H3. The van der Waals surface area contributed by atoms with Crippen molar-refractivity contribution in [1.29, 1.82) is 0 Å². The topological polar surface area (TPSA) is 24.5 Å². The number of likely N-dealkylation sites (tertiary alicyclic amines) is 1. The summed E-state index contributed by atoms with van der Waals surface area (Å²) in [6, 6.07) is 6.46. The lowest BCUT2D eigenvalue weighted by Crippen LogP contribution is -2.25. The van der Waals surface area contributed by atoms with Crippen LogP contribution in [0.25, 0.3) is 0 Å². The fourth-order valence-corrected chi connectivity index (χ4v) is 3.35. The molecule has 2 aliphatic rings. The maximum Gasteiger partial charge on any atom is 0.123 e. The first-order valence-corrected chi connectivity index (χ1v) is 6.83. The molecule has 3 nitrogen and oxygen atoms in total. The first-order valence-electron chi connectivity index (χ1n) is 6.83. The van der Waals surface area contributed by atoms with Crippen molar-refractivity contribution >= 4 is 0 Å². The van der Waals surface area contributed by atoms with Gasteiger partial charge in [-0.25, -0.2) is 0 Å². The quantitative estimate of drug-likeness (QED) is 0.878. The van der Waals surface area contributed by atoms with Crippen LogP contribution in [-0.2, 0) is 6.54 Å². The van der Waals surface area contributed by atoms with Gasteiger partial charge in [0.25, 0.3) is 0 Å². The predicted molar refractivity (Wildman–Crippen MR) is 72.9 cm³/mol. The van der Waals surface area contributed by atoms with E-state index in [2.05, 4.69) is 35.3 Å². The Hall–Kier alpha value is -1.06. The molecule has 0 aromatic heterocycles. The lowest BCUT2D eigenvalue weighted by atomic mass is 10.0. The Balaban J connectivity index is 1.71. The molecule has 1 aromatic carbocycles. The molecule has 98 valence electrons. The highest BCUT2D eigenvalue weighted by Crippen LogP contribution is 2.29. The second-order valence-electron chi connectivity index (χ2n) is 5.69. The maximum absolute atomic E-state index is 5.47. The third kappa shape index (κ3) is 2.25. The lowest BCUT2D eigenvalue weighted by Gasteiger charge is -2.19. The summed E-state index contributed by atoms with van der Waals surface area (Å²) in [6.07, 6.45) is 0. The molecule has 3 heteroatoms. The van der Waals surface area contributed by atoms with Gasteiger partial charge in [0.1, 0.15) is 5.75 Å². The van der Waals surface area contributed by atoms with Crippen LogP contribution < -0.4 is 10.1 Å². The van der Waals surface area contributed by atoms with Crippen LogP contribution in [0.2, 0.25) is 0 Å². The SMILES string of the molecule is COc1ccc(C)cc1CN1CC2CNCC2C1. The van der Waals surface area contributed by atoms with Crippen molar-refractivity contribution < 1.29 is 4.74 Å². The molecule has 2 saturated heterocycles. The Bertz CT molecular complexity index is 421. The molecule has 2 aliphatic heterocycles. The number of hydrogen-bond donors (Lipinski definition) is 1. The second-order valence-corrected chi connectivity index (χ2v) is 5.69. The minimum absolute atomic E-state index is 0.862. The van der Waals surface area contributed by atoms with E-state index in [0.717, 1.165) is 24.1 Å². The van der Waals surface area contributed by atoms with E-state index in [9.17, 15) is 0 Å². The average Bonchev–Trinajstić information content (AvgIpc) is 2.90. The number of fused-ring (bicyclic) bond motifs is 1. The Morgan fingerprint density at radius 1 is 1.28 bits per heavy atom. The van der Waals surface area contributed by atoms with E-state index in [0.29, 0.717) is 0 Å². The Morgan fingerprint density at radius 3 is 2.67 bits per heavy atom. The van der Waals surface area contributed by atoms with Gasteiger partial charge in [-0.3, -0.25) is 4.90 Å². The summed E-state index contributed by atoms with van der Waals surface area (Å²) in [5.74, 6) is 2.75. The van der Waals surface area contributed by atoms with E-state index in [1.54, 1.807) is 7.11 Å². The summed E-state index contributed by atoms with van der Waals surface area (Å²) in [5, 5.41) is 3.49. The second kappa shape index (κ2) is 4.90. The van der Waals surface area contributed by atoms with Gasteiger partial charge >= 0.3 is 0 Å². The van der Waals surface area contributed by atoms with Crippen LogP contribution in [0.5, 0.6) is 5.75 Å². The molecule has 2 atom stereocenters. The molecule has 0 radical (unpaired) electrons. The Morgan fingerprint density at radius 2 is 2.00 bits per heavy atom. The summed E-state index contributed by atoms with van der Waals surface area (Å²) < 4.78 is 5.47. The van der Waals surface area contributed by atoms with Crippen LogP contribution in [0, 0.1) is 18.8 Å². The van der Waals surface area contributed by atoms with Crippen molar-refractivity contribution in [3.63, 3.8) is 0 Å². The summed E-state index contributed by atoms with van der Waals surface area (Å²) in [5.41, 5.74) is 2.64. The molecular weight excluding hydrogens is 224 g/mol. The zero-order chi connectivity index (χ0) is 12.5. The number of ether oxygens (including phenoxy) is 1. The molecule has 0 bridgehead atoms. The van der Waals surface area contributed by atoms with Crippen molar-refractivity contribution in [1.82, 2.24) is 10.2 Å². The van der Waals surface area contributed by atoms with Gasteiger partial charge in [-0.2, -0.15) is 0 Å². The van der Waals surface area contributed by atoms with Crippen molar-refractivity contribution in [3.8, 4) is 5.75 Å². The van der Waals surface area contributed by atoms with Crippen molar-refractivity contribution in [2.24, 2.45) is 11.8 Å². The summed E-state index contributed by atoms with van der Waals surface area (Å²) in [6.45, 7) is 8.03.